The van der Waals surface area contributed by atoms with E-state index in [1.807, 2.05) is 0 Å². The van der Waals surface area contributed by atoms with Crippen molar-refractivity contribution >= 4 is 5.97 Å². The third-order valence-electron chi connectivity index (χ3n) is 2.98. The van der Waals surface area contributed by atoms with Gasteiger partial charge >= 0.3 is 5.97 Å². The van der Waals surface area contributed by atoms with Gasteiger partial charge < -0.3 is 5.11 Å². The van der Waals surface area contributed by atoms with E-state index < -0.39 is 5.97 Å². The summed E-state index contributed by atoms with van der Waals surface area (Å²) in [7, 11) is 0. The van der Waals surface area contributed by atoms with Crippen molar-refractivity contribution in [1.29, 1.82) is 0 Å². The van der Waals surface area contributed by atoms with E-state index in [0.29, 0.717) is 5.56 Å². The summed E-state index contributed by atoms with van der Waals surface area (Å²) >= 11 is 0. The van der Waals surface area contributed by atoms with E-state index in [9.17, 15) is 4.79 Å². The molecule has 0 bridgehead atoms. The highest BCUT2D eigenvalue weighted by atomic mass is 16.4. The number of hydrogen-bond acceptors (Lipinski definition) is 1. The molecule has 1 unspecified atom stereocenters. The molecule has 0 spiro atoms. The second-order valence-electron chi connectivity index (χ2n) is 4.23. The van der Waals surface area contributed by atoms with E-state index in [1.165, 1.54) is 25.7 Å². The minimum atomic E-state index is -0.879. The first-order valence-corrected chi connectivity index (χ1v) is 6.17. The predicted octanol–water partition coefficient (Wildman–Crippen LogP) is 4.14. The van der Waals surface area contributed by atoms with Crippen molar-refractivity contribution in [3.8, 4) is 0 Å². The van der Waals surface area contributed by atoms with Crippen LogP contribution in [0.4, 0.5) is 0 Å². The van der Waals surface area contributed by atoms with Crippen LogP contribution < -0.4 is 0 Å². The van der Waals surface area contributed by atoms with Crippen LogP contribution in [0.25, 0.3) is 0 Å². The van der Waals surface area contributed by atoms with Gasteiger partial charge in [-0.05, 0) is 37.3 Å². The lowest BCUT2D eigenvalue weighted by atomic mass is 9.92. The van der Waals surface area contributed by atoms with Crippen LogP contribution in [0.1, 0.15) is 43.0 Å². The van der Waals surface area contributed by atoms with Crippen molar-refractivity contribution in [2.24, 2.45) is 5.92 Å². The highest BCUT2D eigenvalue weighted by Crippen LogP contribution is 2.20. The van der Waals surface area contributed by atoms with Crippen molar-refractivity contribution in [2.75, 3.05) is 0 Å². The molecule has 0 radical (unpaired) electrons. The van der Waals surface area contributed by atoms with Crippen molar-refractivity contribution in [3.05, 3.63) is 48.0 Å². The Morgan fingerprint density at radius 3 is 2.35 bits per heavy atom. The predicted molar refractivity (Wildman–Crippen MR) is 70.2 cm³/mol. The normalized spacial score (nSPS) is 18.1. The number of carbonyl (C=O) groups is 1. The van der Waals surface area contributed by atoms with Gasteiger partial charge in [0.15, 0.2) is 0 Å². The van der Waals surface area contributed by atoms with Gasteiger partial charge in [-0.1, -0.05) is 43.7 Å². The van der Waals surface area contributed by atoms with Gasteiger partial charge in [-0.25, -0.2) is 4.79 Å². The molecule has 1 atom stereocenters. The molecule has 2 heteroatoms. The summed E-state index contributed by atoms with van der Waals surface area (Å²) in [5, 5.41) is 8.38. The van der Waals surface area contributed by atoms with Crippen LogP contribution in [-0.4, -0.2) is 11.1 Å². The van der Waals surface area contributed by atoms with Crippen molar-refractivity contribution in [3.63, 3.8) is 0 Å². The molecule has 0 saturated heterocycles. The minimum Gasteiger partial charge on any atom is -0.478 e. The number of allylic oxidation sites excluding steroid dienone is 2. The maximum atomic E-state index is 10.2. The van der Waals surface area contributed by atoms with Crippen LogP contribution in [0.5, 0.6) is 0 Å². The van der Waals surface area contributed by atoms with Gasteiger partial charge in [-0.3, -0.25) is 0 Å². The molecule has 17 heavy (non-hydrogen) atoms. The lowest BCUT2D eigenvalue weighted by molar-refractivity contribution is 0.0697. The summed E-state index contributed by atoms with van der Waals surface area (Å²) in [6.07, 6.45) is 10.1. The maximum absolute atomic E-state index is 10.2. The molecule has 0 heterocycles. The molecular formula is C15H20O2. The van der Waals surface area contributed by atoms with Gasteiger partial charge in [0.1, 0.15) is 0 Å². The van der Waals surface area contributed by atoms with E-state index in [2.05, 4.69) is 19.1 Å². The molecule has 1 aliphatic rings. The van der Waals surface area contributed by atoms with Crippen molar-refractivity contribution in [2.45, 2.75) is 32.6 Å². The standard InChI is InChI=1S/C8H14.C7H6O2/c1-2-8-6-4-3-5-7-8;8-7(9)6-4-2-1-3-5-6/h3-4,8H,2,5-7H2,1H3;1-5H,(H,8,9). The summed E-state index contributed by atoms with van der Waals surface area (Å²) in [5.74, 6) is 0.121. The van der Waals surface area contributed by atoms with Gasteiger partial charge in [0.25, 0.3) is 0 Å². The SMILES string of the molecule is CCC1CC=CCC1.O=C(O)c1ccccc1. The fourth-order valence-corrected chi connectivity index (χ4v) is 1.81. The van der Waals surface area contributed by atoms with Crippen LogP contribution in [0.3, 0.4) is 0 Å². The largest absolute Gasteiger partial charge is 0.478 e. The van der Waals surface area contributed by atoms with Gasteiger partial charge in [-0.2, -0.15) is 0 Å². The molecular weight excluding hydrogens is 212 g/mol. The number of hydrogen-bond donors (Lipinski definition) is 1. The van der Waals surface area contributed by atoms with Gasteiger partial charge in [0.2, 0.25) is 0 Å². The summed E-state index contributed by atoms with van der Waals surface area (Å²) < 4.78 is 0. The minimum absolute atomic E-state index is 0.331. The third kappa shape index (κ3) is 5.34. The van der Waals surface area contributed by atoms with Gasteiger partial charge in [-0.15, -0.1) is 0 Å². The summed E-state index contributed by atoms with van der Waals surface area (Å²) in [6.45, 7) is 2.28. The first kappa shape index (κ1) is 13.5. The quantitative estimate of drug-likeness (QED) is 0.778. The molecule has 1 N–H and O–H groups in total. The molecule has 1 aromatic rings. The summed E-state index contributed by atoms with van der Waals surface area (Å²) in [6, 6.07) is 8.30. The van der Waals surface area contributed by atoms with E-state index in [0.717, 1.165) is 5.92 Å². The fraction of sp³-hybridized carbons (Fsp3) is 0.400. The highest BCUT2D eigenvalue weighted by molar-refractivity contribution is 5.87. The maximum Gasteiger partial charge on any atom is 0.335 e. The third-order valence-corrected chi connectivity index (χ3v) is 2.98. The molecule has 2 nitrogen and oxygen atoms in total. The number of benzene rings is 1. The zero-order valence-corrected chi connectivity index (χ0v) is 10.3. The van der Waals surface area contributed by atoms with Crippen molar-refractivity contribution in [1.82, 2.24) is 0 Å². The van der Waals surface area contributed by atoms with Crippen molar-refractivity contribution < 1.29 is 9.90 Å². The average molecular weight is 232 g/mol. The van der Waals surface area contributed by atoms with Crippen LogP contribution >= 0.6 is 0 Å². The van der Waals surface area contributed by atoms with Crippen LogP contribution in [0, 0.1) is 5.92 Å². The Hall–Kier alpha value is -1.57. The zero-order chi connectivity index (χ0) is 12.5. The lowest BCUT2D eigenvalue weighted by Crippen LogP contribution is -1.99. The molecule has 1 aliphatic carbocycles. The molecule has 0 amide bonds. The van der Waals surface area contributed by atoms with Crippen LogP contribution in [0.15, 0.2) is 42.5 Å². The molecule has 92 valence electrons. The molecule has 0 fully saturated rings. The number of rotatable bonds is 2. The average Bonchev–Trinajstić information content (AvgIpc) is 2.41. The second-order valence-corrected chi connectivity index (χ2v) is 4.23. The second kappa shape index (κ2) is 7.66. The number of carboxylic acid groups (broad SMARTS) is 1. The van der Waals surface area contributed by atoms with E-state index in [1.54, 1.807) is 30.3 Å². The topological polar surface area (TPSA) is 37.3 Å². The first-order valence-electron chi connectivity index (χ1n) is 6.17. The zero-order valence-electron chi connectivity index (χ0n) is 10.3. The van der Waals surface area contributed by atoms with Crippen LogP contribution in [0.2, 0.25) is 0 Å². The van der Waals surface area contributed by atoms with Gasteiger partial charge in [0.05, 0.1) is 5.56 Å². The Balaban J connectivity index is 0.000000171. The smallest absolute Gasteiger partial charge is 0.335 e. The Bertz CT molecular complexity index is 354. The Morgan fingerprint density at radius 1 is 1.29 bits per heavy atom. The monoisotopic (exact) mass is 232 g/mol. The molecule has 1 aromatic carbocycles. The first-order chi connectivity index (χ1) is 8.24. The fourth-order valence-electron chi connectivity index (χ4n) is 1.81. The lowest BCUT2D eigenvalue weighted by Gasteiger charge is -2.13. The molecule has 0 aliphatic heterocycles. The van der Waals surface area contributed by atoms with E-state index in [-0.39, 0.29) is 0 Å². The highest BCUT2D eigenvalue weighted by Gasteiger charge is 2.05. The summed E-state index contributed by atoms with van der Waals surface area (Å²) in [5.41, 5.74) is 0.331. The van der Waals surface area contributed by atoms with Gasteiger partial charge in [0, 0.05) is 0 Å². The summed E-state index contributed by atoms with van der Waals surface area (Å²) in [4.78, 5) is 10.2. The van der Waals surface area contributed by atoms with E-state index in [4.69, 9.17) is 5.11 Å². The molecule has 0 saturated carbocycles. The number of carboxylic acids is 1. The Morgan fingerprint density at radius 2 is 2.00 bits per heavy atom. The Kier molecular flexibility index (Phi) is 6.08. The number of aromatic carboxylic acids is 1. The molecule has 0 aromatic heterocycles. The van der Waals surface area contributed by atoms with E-state index >= 15 is 0 Å². The Labute approximate surface area is 103 Å². The van der Waals surface area contributed by atoms with Crippen LogP contribution in [-0.2, 0) is 0 Å². The molecule has 2 rings (SSSR count).